The van der Waals surface area contributed by atoms with Crippen molar-refractivity contribution >= 4 is 39.1 Å². The average Bonchev–Trinajstić information content (AvgIpc) is 2.49. The van der Waals surface area contributed by atoms with Gasteiger partial charge in [-0.05, 0) is 55.0 Å². The Kier molecular flexibility index (Phi) is 5.16. The second kappa shape index (κ2) is 7.09. The summed E-state index contributed by atoms with van der Waals surface area (Å²) in [6.45, 7) is 2.09. The monoisotopic (exact) mass is 361 g/mol. The smallest absolute Gasteiger partial charge is 0.248 e. The van der Waals surface area contributed by atoms with Crippen molar-refractivity contribution in [1.29, 1.82) is 0 Å². The van der Waals surface area contributed by atoms with Crippen molar-refractivity contribution in [3.05, 3.63) is 58.1 Å². The molecule has 2 aromatic rings. The molecule has 4 N–H and O–H groups in total. The average molecular weight is 362 g/mol. The summed E-state index contributed by atoms with van der Waals surface area (Å²) in [5, 5.41) is 5.80. The number of rotatable bonds is 5. The number of nitrogens with two attached hydrogens (primary N) is 1. The molecule has 2 amide bonds. The highest BCUT2D eigenvalue weighted by Gasteiger charge is 2.04. The van der Waals surface area contributed by atoms with Crippen LogP contribution in [0.4, 0.5) is 11.4 Å². The second-order valence-corrected chi connectivity index (χ2v) is 5.66. The van der Waals surface area contributed by atoms with Crippen LogP contribution in [0.25, 0.3) is 0 Å². The molecule has 0 aliphatic carbocycles. The van der Waals surface area contributed by atoms with Gasteiger partial charge in [-0.1, -0.05) is 15.9 Å². The molecule has 0 bridgehead atoms. The Hall–Kier alpha value is -2.34. The first-order chi connectivity index (χ1) is 10.5. The van der Waals surface area contributed by atoms with Gasteiger partial charge in [0.15, 0.2) is 0 Å². The lowest BCUT2D eigenvalue weighted by Crippen LogP contribution is -2.21. The van der Waals surface area contributed by atoms with Crippen LogP contribution in [0, 0.1) is 6.92 Å². The van der Waals surface area contributed by atoms with Crippen molar-refractivity contribution in [3.63, 3.8) is 0 Å². The lowest BCUT2D eigenvalue weighted by molar-refractivity contribution is -0.114. The third-order valence-corrected chi connectivity index (χ3v) is 3.95. The molecule has 2 aromatic carbocycles. The topological polar surface area (TPSA) is 84.2 Å². The minimum atomic E-state index is -0.477. The largest absolute Gasteiger partial charge is 0.376 e. The van der Waals surface area contributed by atoms with Gasteiger partial charge in [-0.25, -0.2) is 0 Å². The minimum absolute atomic E-state index is 0.130. The van der Waals surface area contributed by atoms with Gasteiger partial charge in [-0.3, -0.25) is 9.59 Å². The van der Waals surface area contributed by atoms with Crippen molar-refractivity contribution in [2.45, 2.75) is 6.92 Å². The molecule has 0 radical (unpaired) electrons. The number of benzene rings is 2. The van der Waals surface area contributed by atoms with Gasteiger partial charge in [0.05, 0.1) is 6.54 Å². The van der Waals surface area contributed by atoms with Crippen LogP contribution in [0.15, 0.2) is 46.9 Å². The van der Waals surface area contributed by atoms with Gasteiger partial charge in [0.25, 0.3) is 0 Å². The second-order valence-electron chi connectivity index (χ2n) is 4.81. The van der Waals surface area contributed by atoms with Crippen molar-refractivity contribution in [1.82, 2.24) is 0 Å². The number of hydrogen-bond acceptors (Lipinski definition) is 3. The predicted octanol–water partition coefficient (Wildman–Crippen LogP) is 2.91. The third kappa shape index (κ3) is 4.33. The first-order valence-electron chi connectivity index (χ1n) is 6.65. The molecule has 22 heavy (non-hydrogen) atoms. The highest BCUT2D eigenvalue weighted by Crippen LogP contribution is 2.19. The number of amides is 2. The first kappa shape index (κ1) is 16.0. The highest BCUT2D eigenvalue weighted by molar-refractivity contribution is 9.10. The van der Waals surface area contributed by atoms with E-state index in [0.29, 0.717) is 5.56 Å². The molecule has 0 aliphatic rings. The Morgan fingerprint density at radius 1 is 1.09 bits per heavy atom. The number of hydrogen-bond donors (Lipinski definition) is 3. The molecule has 6 heteroatoms. The van der Waals surface area contributed by atoms with E-state index in [1.165, 1.54) is 0 Å². The maximum absolute atomic E-state index is 11.9. The van der Waals surface area contributed by atoms with E-state index in [2.05, 4.69) is 26.6 Å². The molecule has 0 aliphatic heterocycles. The van der Waals surface area contributed by atoms with Gasteiger partial charge in [0.1, 0.15) is 0 Å². The van der Waals surface area contributed by atoms with Crippen LogP contribution < -0.4 is 16.4 Å². The summed E-state index contributed by atoms with van der Waals surface area (Å²) in [6, 6.07) is 12.2. The summed E-state index contributed by atoms with van der Waals surface area (Å²) in [4.78, 5) is 22.9. The summed E-state index contributed by atoms with van der Waals surface area (Å²) >= 11 is 3.41. The van der Waals surface area contributed by atoms with Crippen LogP contribution in [0.1, 0.15) is 15.9 Å². The van der Waals surface area contributed by atoms with E-state index < -0.39 is 5.91 Å². The fourth-order valence-electron chi connectivity index (χ4n) is 1.86. The fraction of sp³-hybridized carbons (Fsp3) is 0.125. The van der Waals surface area contributed by atoms with E-state index in [9.17, 15) is 9.59 Å². The Bertz CT molecular complexity index is 699. The highest BCUT2D eigenvalue weighted by atomic mass is 79.9. The molecule has 5 nitrogen and oxygen atoms in total. The molecule has 0 saturated heterocycles. The van der Waals surface area contributed by atoms with E-state index in [1.54, 1.807) is 24.3 Å². The van der Waals surface area contributed by atoms with Crippen molar-refractivity contribution in [3.8, 4) is 0 Å². The summed E-state index contributed by atoms with van der Waals surface area (Å²) in [6.07, 6.45) is 0. The molecule has 114 valence electrons. The molecular weight excluding hydrogens is 346 g/mol. The third-order valence-electron chi connectivity index (χ3n) is 3.06. The lowest BCUT2D eigenvalue weighted by Gasteiger charge is -2.09. The molecular formula is C16H16BrN3O2. The Morgan fingerprint density at radius 3 is 2.32 bits per heavy atom. The van der Waals surface area contributed by atoms with E-state index in [4.69, 9.17) is 5.73 Å². The van der Waals surface area contributed by atoms with Gasteiger partial charge in [0.2, 0.25) is 11.8 Å². The molecule has 0 unspecified atom stereocenters. The lowest BCUT2D eigenvalue weighted by atomic mass is 10.2. The van der Waals surface area contributed by atoms with E-state index in [-0.39, 0.29) is 12.5 Å². The van der Waals surface area contributed by atoms with Crippen LogP contribution in [0.5, 0.6) is 0 Å². The molecule has 0 saturated carbocycles. The molecule has 0 atom stereocenters. The standard InChI is InChI=1S/C16H16BrN3O2/c1-10-8-13(6-7-14(10)17)20-15(21)9-19-12-4-2-11(3-5-12)16(18)22/h2-8,19H,9H2,1H3,(H2,18,22)(H,20,21). The molecule has 2 rings (SSSR count). The van der Waals surface area contributed by atoms with Crippen LogP contribution in [-0.2, 0) is 4.79 Å². The van der Waals surface area contributed by atoms with Crippen LogP contribution in [-0.4, -0.2) is 18.4 Å². The van der Waals surface area contributed by atoms with Gasteiger partial charge in [-0.15, -0.1) is 0 Å². The number of aryl methyl sites for hydroxylation is 1. The SMILES string of the molecule is Cc1cc(NC(=O)CNc2ccc(C(N)=O)cc2)ccc1Br. The number of nitrogens with one attached hydrogen (secondary N) is 2. The zero-order valence-corrected chi connectivity index (χ0v) is 13.6. The van der Waals surface area contributed by atoms with Crippen LogP contribution in [0.3, 0.4) is 0 Å². The van der Waals surface area contributed by atoms with Gasteiger partial charge in [0, 0.05) is 21.4 Å². The summed E-state index contributed by atoms with van der Waals surface area (Å²) in [5.41, 5.74) is 8.14. The summed E-state index contributed by atoms with van der Waals surface area (Å²) in [5.74, 6) is -0.629. The van der Waals surface area contributed by atoms with Crippen molar-refractivity contribution in [2.75, 3.05) is 17.2 Å². The normalized spacial score (nSPS) is 10.1. The van der Waals surface area contributed by atoms with Crippen LogP contribution in [0.2, 0.25) is 0 Å². The quantitative estimate of drug-likeness (QED) is 0.765. The predicted molar refractivity (Wildman–Crippen MR) is 91.0 cm³/mol. The van der Waals surface area contributed by atoms with E-state index >= 15 is 0 Å². The molecule has 0 fully saturated rings. The summed E-state index contributed by atoms with van der Waals surface area (Å²) < 4.78 is 0.998. The first-order valence-corrected chi connectivity index (χ1v) is 7.45. The zero-order valence-electron chi connectivity index (χ0n) is 12.0. The number of anilines is 2. The number of carbonyl (C=O) groups excluding carboxylic acids is 2. The molecule has 0 spiro atoms. The fourth-order valence-corrected chi connectivity index (χ4v) is 2.11. The van der Waals surface area contributed by atoms with Gasteiger partial charge < -0.3 is 16.4 Å². The Balaban J connectivity index is 1.89. The molecule has 0 aromatic heterocycles. The van der Waals surface area contributed by atoms with Crippen molar-refractivity contribution in [2.24, 2.45) is 5.73 Å². The van der Waals surface area contributed by atoms with Gasteiger partial charge >= 0.3 is 0 Å². The summed E-state index contributed by atoms with van der Waals surface area (Å²) in [7, 11) is 0. The maximum atomic E-state index is 11.9. The minimum Gasteiger partial charge on any atom is -0.376 e. The van der Waals surface area contributed by atoms with Crippen molar-refractivity contribution < 1.29 is 9.59 Å². The van der Waals surface area contributed by atoms with Crippen LogP contribution >= 0.6 is 15.9 Å². The number of halogens is 1. The van der Waals surface area contributed by atoms with Gasteiger partial charge in [-0.2, -0.15) is 0 Å². The van der Waals surface area contributed by atoms with E-state index in [0.717, 1.165) is 21.4 Å². The van der Waals surface area contributed by atoms with E-state index in [1.807, 2.05) is 25.1 Å². The Labute approximate surface area is 137 Å². The maximum Gasteiger partial charge on any atom is 0.248 e. The Morgan fingerprint density at radius 2 is 1.73 bits per heavy atom. The number of primary amides is 1. The molecule has 0 heterocycles. The zero-order chi connectivity index (χ0) is 16.1. The number of carbonyl (C=O) groups is 2.